The Morgan fingerprint density at radius 3 is 2.78 bits per heavy atom. The van der Waals surface area contributed by atoms with Gasteiger partial charge in [0.2, 0.25) is 0 Å². The van der Waals surface area contributed by atoms with Gasteiger partial charge >= 0.3 is 6.18 Å². The molecule has 0 amide bonds. The highest BCUT2D eigenvalue weighted by molar-refractivity contribution is 7.80. The number of halogens is 3. The van der Waals surface area contributed by atoms with Gasteiger partial charge in [0.05, 0.1) is 6.61 Å². The molecule has 2 N–H and O–H groups in total. The summed E-state index contributed by atoms with van der Waals surface area (Å²) in [5.74, 6) is 0. The van der Waals surface area contributed by atoms with Crippen molar-refractivity contribution in [3.8, 4) is 0 Å². The van der Waals surface area contributed by atoms with Crippen LogP contribution in [0.3, 0.4) is 0 Å². The third-order valence-electron chi connectivity index (χ3n) is 2.13. The number of ether oxygens (including phenoxy) is 1. The number of pyridine rings is 1. The lowest BCUT2D eigenvalue weighted by Gasteiger charge is -2.09. The minimum absolute atomic E-state index is 0.0329. The lowest BCUT2D eigenvalue weighted by atomic mass is 10.2. The van der Waals surface area contributed by atoms with Gasteiger partial charge in [0.15, 0.2) is 0 Å². The van der Waals surface area contributed by atoms with Crippen LogP contribution in [0.2, 0.25) is 0 Å². The van der Waals surface area contributed by atoms with E-state index in [2.05, 4.69) is 4.98 Å². The van der Waals surface area contributed by atoms with Crippen molar-refractivity contribution in [2.75, 3.05) is 6.61 Å². The second kappa shape index (κ2) is 6.65. The topological polar surface area (TPSA) is 48.1 Å². The molecule has 0 saturated carbocycles. The molecule has 1 aromatic rings. The van der Waals surface area contributed by atoms with Crippen LogP contribution in [-0.4, -0.2) is 22.8 Å². The number of nitrogens with two attached hydrogens (primary N) is 1. The Bertz CT molecular complexity index is 410. The molecule has 1 aromatic heterocycles. The van der Waals surface area contributed by atoms with Crippen LogP contribution in [0.15, 0.2) is 18.3 Å². The van der Waals surface area contributed by atoms with E-state index >= 15 is 0 Å². The van der Waals surface area contributed by atoms with Crippen LogP contribution in [0, 0.1) is 0 Å². The molecule has 0 aromatic carbocycles. The maximum atomic E-state index is 11.9. The summed E-state index contributed by atoms with van der Waals surface area (Å²) in [4.78, 5) is 4.13. The molecular weight excluding hydrogens is 265 g/mol. The molecule has 0 fully saturated rings. The molecule has 0 aliphatic rings. The van der Waals surface area contributed by atoms with Gasteiger partial charge in [-0.15, -0.1) is 0 Å². The van der Waals surface area contributed by atoms with E-state index in [1.165, 1.54) is 0 Å². The van der Waals surface area contributed by atoms with Crippen molar-refractivity contribution >= 4 is 17.2 Å². The van der Waals surface area contributed by atoms with E-state index in [0.29, 0.717) is 11.3 Å². The van der Waals surface area contributed by atoms with Crippen LogP contribution in [0.1, 0.15) is 24.1 Å². The van der Waals surface area contributed by atoms with Crippen LogP contribution in [0.25, 0.3) is 0 Å². The highest BCUT2D eigenvalue weighted by Gasteiger charge is 2.25. The summed E-state index contributed by atoms with van der Waals surface area (Å²) in [5.41, 5.74) is 6.59. The molecule has 0 bridgehead atoms. The summed E-state index contributed by atoms with van der Waals surface area (Å²) < 4.78 is 40.8. The smallest absolute Gasteiger partial charge is 0.388 e. The van der Waals surface area contributed by atoms with Gasteiger partial charge in [0.25, 0.3) is 0 Å². The van der Waals surface area contributed by atoms with Gasteiger partial charge < -0.3 is 10.5 Å². The molecule has 100 valence electrons. The Morgan fingerprint density at radius 1 is 1.44 bits per heavy atom. The Labute approximate surface area is 108 Å². The minimum Gasteiger partial charge on any atom is -0.388 e. The predicted molar refractivity (Wildman–Crippen MR) is 65.1 cm³/mol. The van der Waals surface area contributed by atoms with Gasteiger partial charge in [-0.05, 0) is 12.5 Å². The van der Waals surface area contributed by atoms with Gasteiger partial charge in [-0.2, -0.15) is 13.2 Å². The standard InChI is InChI=1S/C11H13F3N2OS/c12-11(13,14)4-2-6-17-7-8-3-1-5-16-9(8)10(15)18/h1,3,5H,2,4,6-7H2,(H2,15,18). The Morgan fingerprint density at radius 2 is 2.17 bits per heavy atom. The van der Waals surface area contributed by atoms with Crippen molar-refractivity contribution in [2.45, 2.75) is 25.6 Å². The number of aromatic nitrogens is 1. The van der Waals surface area contributed by atoms with E-state index in [1.807, 2.05) is 0 Å². The van der Waals surface area contributed by atoms with Crippen molar-refractivity contribution in [3.05, 3.63) is 29.6 Å². The van der Waals surface area contributed by atoms with E-state index in [-0.39, 0.29) is 24.6 Å². The third kappa shape index (κ3) is 5.42. The average Bonchev–Trinajstić information content (AvgIpc) is 2.27. The van der Waals surface area contributed by atoms with Gasteiger partial charge in [-0.1, -0.05) is 18.3 Å². The van der Waals surface area contributed by atoms with Gasteiger partial charge in [0, 0.05) is 24.8 Å². The third-order valence-corrected chi connectivity index (χ3v) is 2.32. The molecule has 0 spiro atoms. The number of alkyl halides is 3. The first kappa shape index (κ1) is 14.8. The Balaban J connectivity index is 2.38. The summed E-state index contributed by atoms with van der Waals surface area (Å²) in [6.07, 6.45) is -3.50. The van der Waals surface area contributed by atoms with Crippen molar-refractivity contribution in [3.63, 3.8) is 0 Å². The summed E-state index contributed by atoms with van der Waals surface area (Å²) in [5, 5.41) is 0. The molecule has 0 saturated heterocycles. The fourth-order valence-electron chi connectivity index (χ4n) is 1.33. The first-order valence-electron chi connectivity index (χ1n) is 5.28. The van der Waals surface area contributed by atoms with Crippen molar-refractivity contribution in [1.82, 2.24) is 4.98 Å². The van der Waals surface area contributed by atoms with Crippen LogP contribution in [0.4, 0.5) is 13.2 Å². The molecular formula is C11H13F3N2OS. The first-order valence-corrected chi connectivity index (χ1v) is 5.69. The summed E-state index contributed by atoms with van der Waals surface area (Å²) in [7, 11) is 0. The number of rotatable bonds is 6. The molecule has 0 atom stereocenters. The van der Waals surface area contributed by atoms with Crippen LogP contribution >= 0.6 is 12.2 Å². The minimum atomic E-state index is -4.14. The number of thiocarbonyl (C=S) groups is 1. The van der Waals surface area contributed by atoms with E-state index in [9.17, 15) is 13.2 Å². The number of nitrogens with zero attached hydrogens (tertiary/aromatic N) is 1. The Hall–Kier alpha value is -1.21. The summed E-state index contributed by atoms with van der Waals surface area (Å²) in [6.45, 7) is 0.184. The van der Waals surface area contributed by atoms with E-state index in [4.69, 9.17) is 22.7 Å². The largest absolute Gasteiger partial charge is 0.389 e. The van der Waals surface area contributed by atoms with Crippen LogP contribution in [-0.2, 0) is 11.3 Å². The van der Waals surface area contributed by atoms with Gasteiger partial charge in [-0.25, -0.2) is 0 Å². The molecule has 0 aliphatic carbocycles. The zero-order valence-electron chi connectivity index (χ0n) is 9.54. The van der Waals surface area contributed by atoms with E-state index < -0.39 is 12.6 Å². The lowest BCUT2D eigenvalue weighted by molar-refractivity contribution is -0.138. The summed E-state index contributed by atoms with van der Waals surface area (Å²) in [6, 6.07) is 3.42. The van der Waals surface area contributed by atoms with Crippen molar-refractivity contribution < 1.29 is 17.9 Å². The molecule has 18 heavy (non-hydrogen) atoms. The highest BCUT2D eigenvalue weighted by Crippen LogP contribution is 2.21. The zero-order valence-corrected chi connectivity index (χ0v) is 10.4. The first-order chi connectivity index (χ1) is 8.40. The molecule has 1 rings (SSSR count). The normalized spacial score (nSPS) is 11.5. The lowest BCUT2D eigenvalue weighted by Crippen LogP contribution is -2.15. The summed E-state index contributed by atoms with van der Waals surface area (Å²) >= 11 is 4.81. The molecule has 0 unspecified atom stereocenters. The fourth-order valence-corrected chi connectivity index (χ4v) is 1.52. The SMILES string of the molecule is NC(=S)c1ncccc1COCCCC(F)(F)F. The Kier molecular flexibility index (Phi) is 5.49. The average molecular weight is 278 g/mol. The van der Waals surface area contributed by atoms with E-state index in [1.54, 1.807) is 18.3 Å². The molecule has 0 radical (unpaired) electrons. The molecule has 7 heteroatoms. The van der Waals surface area contributed by atoms with Crippen molar-refractivity contribution in [2.24, 2.45) is 5.73 Å². The molecule has 0 aliphatic heterocycles. The molecule has 1 heterocycles. The fraction of sp³-hybridized carbons (Fsp3) is 0.455. The molecule has 3 nitrogen and oxygen atoms in total. The van der Waals surface area contributed by atoms with Gasteiger partial charge in [0.1, 0.15) is 10.7 Å². The zero-order chi connectivity index (χ0) is 13.6. The van der Waals surface area contributed by atoms with E-state index in [0.717, 1.165) is 0 Å². The predicted octanol–water partition coefficient (Wildman–Crippen LogP) is 2.57. The maximum absolute atomic E-state index is 11.9. The number of hydrogen-bond donors (Lipinski definition) is 1. The maximum Gasteiger partial charge on any atom is 0.389 e. The highest BCUT2D eigenvalue weighted by atomic mass is 32.1. The van der Waals surface area contributed by atoms with Crippen molar-refractivity contribution in [1.29, 1.82) is 0 Å². The number of hydrogen-bond acceptors (Lipinski definition) is 3. The second-order valence-electron chi connectivity index (χ2n) is 3.65. The quantitative estimate of drug-likeness (QED) is 0.642. The van der Waals surface area contributed by atoms with Crippen LogP contribution < -0.4 is 5.73 Å². The monoisotopic (exact) mass is 278 g/mol. The van der Waals surface area contributed by atoms with Crippen LogP contribution in [0.5, 0.6) is 0 Å². The second-order valence-corrected chi connectivity index (χ2v) is 4.09. The van der Waals surface area contributed by atoms with Gasteiger partial charge in [-0.3, -0.25) is 4.98 Å².